The predicted molar refractivity (Wildman–Crippen MR) is 78.6 cm³/mol. The number of aromatic nitrogens is 2. The fraction of sp³-hybridized carbons (Fsp3) is 0.800. The molecule has 4 heteroatoms. The quantitative estimate of drug-likeness (QED) is 0.832. The molecule has 3 rings (SSSR count). The van der Waals surface area contributed by atoms with Gasteiger partial charge in [0, 0.05) is 25.8 Å². The van der Waals surface area contributed by atoms with E-state index in [1.54, 1.807) is 0 Å². The second-order valence-corrected chi connectivity index (χ2v) is 5.91. The molecule has 1 aromatic heterocycles. The molecule has 19 heavy (non-hydrogen) atoms. The van der Waals surface area contributed by atoms with Gasteiger partial charge in [0.25, 0.3) is 0 Å². The van der Waals surface area contributed by atoms with Crippen molar-refractivity contribution in [2.45, 2.75) is 45.1 Å². The minimum atomic E-state index is 1.04. The molecule has 3 heterocycles. The van der Waals surface area contributed by atoms with Gasteiger partial charge in [-0.1, -0.05) is 6.42 Å². The Kier molecular flexibility index (Phi) is 4.38. The summed E-state index contributed by atoms with van der Waals surface area (Å²) in [5.41, 5.74) is 1.32. The number of nitrogens with zero attached hydrogens (tertiary/aromatic N) is 4. The molecule has 0 unspecified atom stereocenters. The molecular weight excluding hydrogens is 236 g/mol. The molecule has 0 N–H and O–H groups in total. The van der Waals surface area contributed by atoms with E-state index < -0.39 is 0 Å². The highest BCUT2D eigenvalue weighted by atomic mass is 15.3. The van der Waals surface area contributed by atoms with Gasteiger partial charge in [0.05, 0.1) is 18.4 Å². The standard InChI is InChI=1S/C15H26N4/c1-3-7-17(8-4-1)11-12-19-14-15(13-16-19)18-9-5-2-6-10-18/h13-14H,1-12H2. The number of hydrogen-bond donors (Lipinski definition) is 0. The van der Waals surface area contributed by atoms with Crippen LogP contribution in [0.15, 0.2) is 12.4 Å². The lowest BCUT2D eigenvalue weighted by atomic mass is 10.1. The molecule has 106 valence electrons. The molecule has 2 fully saturated rings. The Hall–Kier alpha value is -1.03. The molecule has 0 bridgehead atoms. The summed E-state index contributed by atoms with van der Waals surface area (Å²) in [6.45, 7) is 7.16. The van der Waals surface area contributed by atoms with Crippen molar-refractivity contribution in [2.75, 3.05) is 37.6 Å². The Bertz CT molecular complexity index is 375. The van der Waals surface area contributed by atoms with Gasteiger partial charge in [-0.3, -0.25) is 4.68 Å². The molecule has 0 aromatic carbocycles. The van der Waals surface area contributed by atoms with Crippen LogP contribution in [0.1, 0.15) is 38.5 Å². The van der Waals surface area contributed by atoms with E-state index in [9.17, 15) is 0 Å². The Labute approximate surface area is 116 Å². The Morgan fingerprint density at radius 3 is 2.26 bits per heavy atom. The minimum Gasteiger partial charge on any atom is -0.369 e. The summed E-state index contributed by atoms with van der Waals surface area (Å²) in [6.07, 6.45) is 12.5. The van der Waals surface area contributed by atoms with Crippen LogP contribution >= 0.6 is 0 Å². The van der Waals surface area contributed by atoms with E-state index in [1.165, 1.54) is 70.4 Å². The van der Waals surface area contributed by atoms with E-state index in [0.29, 0.717) is 0 Å². The second-order valence-electron chi connectivity index (χ2n) is 5.91. The summed E-state index contributed by atoms with van der Waals surface area (Å²) >= 11 is 0. The SMILES string of the molecule is c1nn(CCN2CCCCC2)cc1N1CCCCC1. The predicted octanol–water partition coefficient (Wildman–Crippen LogP) is 2.36. The number of rotatable bonds is 4. The lowest BCUT2D eigenvalue weighted by Gasteiger charge is -2.27. The van der Waals surface area contributed by atoms with E-state index >= 15 is 0 Å². The Morgan fingerprint density at radius 1 is 0.842 bits per heavy atom. The van der Waals surface area contributed by atoms with Crippen molar-refractivity contribution in [2.24, 2.45) is 0 Å². The van der Waals surface area contributed by atoms with Crippen molar-refractivity contribution in [1.29, 1.82) is 0 Å². The fourth-order valence-corrected chi connectivity index (χ4v) is 3.22. The first-order valence-corrected chi connectivity index (χ1v) is 7.91. The number of anilines is 1. The maximum Gasteiger partial charge on any atom is 0.0752 e. The van der Waals surface area contributed by atoms with Gasteiger partial charge in [0.1, 0.15) is 0 Å². The van der Waals surface area contributed by atoms with Crippen LogP contribution in [0.3, 0.4) is 0 Å². The van der Waals surface area contributed by atoms with Crippen LogP contribution in [0.5, 0.6) is 0 Å². The summed E-state index contributed by atoms with van der Waals surface area (Å²) < 4.78 is 2.12. The first-order chi connectivity index (χ1) is 9.42. The van der Waals surface area contributed by atoms with Crippen molar-refractivity contribution < 1.29 is 0 Å². The topological polar surface area (TPSA) is 24.3 Å². The monoisotopic (exact) mass is 262 g/mol. The molecule has 0 radical (unpaired) electrons. The second kappa shape index (κ2) is 6.42. The first-order valence-electron chi connectivity index (χ1n) is 7.91. The van der Waals surface area contributed by atoms with Gasteiger partial charge in [-0.05, 0) is 45.2 Å². The fourth-order valence-electron chi connectivity index (χ4n) is 3.22. The van der Waals surface area contributed by atoms with Gasteiger partial charge in [-0.2, -0.15) is 5.10 Å². The normalized spacial score (nSPS) is 21.8. The molecule has 0 amide bonds. The Morgan fingerprint density at radius 2 is 1.53 bits per heavy atom. The molecule has 2 saturated heterocycles. The lowest BCUT2D eigenvalue weighted by Crippen LogP contribution is -2.32. The third-order valence-corrected chi connectivity index (χ3v) is 4.43. The molecule has 0 spiro atoms. The maximum atomic E-state index is 4.52. The summed E-state index contributed by atoms with van der Waals surface area (Å²) in [7, 11) is 0. The highest BCUT2D eigenvalue weighted by Crippen LogP contribution is 2.18. The average molecular weight is 262 g/mol. The van der Waals surface area contributed by atoms with Crippen LogP contribution in [0, 0.1) is 0 Å². The molecule has 0 atom stereocenters. The van der Waals surface area contributed by atoms with Gasteiger partial charge >= 0.3 is 0 Å². The van der Waals surface area contributed by atoms with Gasteiger partial charge < -0.3 is 9.80 Å². The summed E-state index contributed by atoms with van der Waals surface area (Å²) in [6, 6.07) is 0. The highest BCUT2D eigenvalue weighted by molar-refractivity contribution is 5.42. The minimum absolute atomic E-state index is 1.04. The van der Waals surface area contributed by atoms with Crippen LogP contribution in [-0.2, 0) is 6.54 Å². The zero-order chi connectivity index (χ0) is 12.9. The Balaban J connectivity index is 1.49. The smallest absolute Gasteiger partial charge is 0.0752 e. The lowest BCUT2D eigenvalue weighted by molar-refractivity contribution is 0.218. The molecular formula is C15H26N4. The molecule has 2 aliphatic heterocycles. The zero-order valence-electron chi connectivity index (χ0n) is 11.9. The summed E-state index contributed by atoms with van der Waals surface area (Å²) in [4.78, 5) is 5.06. The van der Waals surface area contributed by atoms with Crippen molar-refractivity contribution in [3.05, 3.63) is 12.4 Å². The first kappa shape index (κ1) is 13.0. The maximum absolute atomic E-state index is 4.52. The summed E-state index contributed by atoms with van der Waals surface area (Å²) in [5.74, 6) is 0. The number of hydrogen-bond acceptors (Lipinski definition) is 3. The molecule has 0 aliphatic carbocycles. The largest absolute Gasteiger partial charge is 0.369 e. The van der Waals surface area contributed by atoms with Gasteiger partial charge in [-0.25, -0.2) is 0 Å². The third kappa shape index (κ3) is 3.50. The van der Waals surface area contributed by atoms with E-state index in [-0.39, 0.29) is 0 Å². The molecule has 4 nitrogen and oxygen atoms in total. The van der Waals surface area contributed by atoms with Crippen molar-refractivity contribution in [3.8, 4) is 0 Å². The third-order valence-electron chi connectivity index (χ3n) is 4.43. The molecule has 2 aliphatic rings. The van der Waals surface area contributed by atoms with Gasteiger partial charge in [-0.15, -0.1) is 0 Å². The average Bonchev–Trinajstić information content (AvgIpc) is 2.96. The van der Waals surface area contributed by atoms with Crippen LogP contribution in [0.4, 0.5) is 5.69 Å². The van der Waals surface area contributed by atoms with E-state index in [2.05, 4.69) is 25.8 Å². The van der Waals surface area contributed by atoms with Crippen LogP contribution in [0.2, 0.25) is 0 Å². The molecule has 0 saturated carbocycles. The van der Waals surface area contributed by atoms with Crippen LogP contribution in [-0.4, -0.2) is 47.4 Å². The summed E-state index contributed by atoms with van der Waals surface area (Å²) in [5, 5.41) is 4.52. The van der Waals surface area contributed by atoms with Crippen LogP contribution in [0.25, 0.3) is 0 Å². The van der Waals surface area contributed by atoms with Gasteiger partial charge in [0.15, 0.2) is 0 Å². The number of likely N-dealkylation sites (tertiary alicyclic amines) is 1. The number of piperidine rings is 2. The molecule has 1 aromatic rings. The van der Waals surface area contributed by atoms with Crippen molar-refractivity contribution in [1.82, 2.24) is 14.7 Å². The van der Waals surface area contributed by atoms with Crippen LogP contribution < -0.4 is 4.90 Å². The highest BCUT2D eigenvalue weighted by Gasteiger charge is 2.13. The van der Waals surface area contributed by atoms with E-state index in [4.69, 9.17) is 0 Å². The van der Waals surface area contributed by atoms with E-state index in [1.807, 2.05) is 6.20 Å². The van der Waals surface area contributed by atoms with E-state index in [0.717, 1.165) is 13.1 Å². The van der Waals surface area contributed by atoms with Crippen molar-refractivity contribution >= 4 is 5.69 Å². The van der Waals surface area contributed by atoms with Crippen molar-refractivity contribution in [3.63, 3.8) is 0 Å². The zero-order valence-corrected chi connectivity index (χ0v) is 11.9. The van der Waals surface area contributed by atoms with Gasteiger partial charge in [0.2, 0.25) is 0 Å².